The fourth-order valence-electron chi connectivity index (χ4n) is 7.09. The first-order valence-corrected chi connectivity index (χ1v) is 17.2. The standard InChI is InChI=1S/C45H29N7/c1-3-12-32(13-4-1)51-41-19-9-7-17-38(41)49-44(51)31-22-25-37(47-29-31)35-24-23-34(43-36(35)16-11-27-46-43)30-21-26-40(48-28-30)45-50-39-18-8-10-20-42(39)52(45)33-14-5-2-6-15-33/h1-29H. The van der Waals surface area contributed by atoms with E-state index in [-0.39, 0.29) is 0 Å². The molecule has 0 amide bonds. The molecule has 10 rings (SSSR count). The number of aromatic nitrogens is 7. The van der Waals surface area contributed by atoms with Crippen LogP contribution in [-0.2, 0) is 0 Å². The molecule has 244 valence electrons. The van der Waals surface area contributed by atoms with E-state index in [2.05, 4.69) is 81.9 Å². The summed E-state index contributed by atoms with van der Waals surface area (Å²) in [5, 5.41) is 1.02. The van der Waals surface area contributed by atoms with Crippen molar-refractivity contribution < 1.29 is 0 Å². The maximum absolute atomic E-state index is 5.02. The van der Waals surface area contributed by atoms with Crippen molar-refractivity contribution >= 4 is 33.0 Å². The van der Waals surface area contributed by atoms with Gasteiger partial charge in [0.25, 0.3) is 0 Å². The van der Waals surface area contributed by atoms with Gasteiger partial charge >= 0.3 is 0 Å². The zero-order chi connectivity index (χ0) is 34.4. The van der Waals surface area contributed by atoms with Crippen molar-refractivity contribution in [3.05, 3.63) is 176 Å². The van der Waals surface area contributed by atoms with Crippen LogP contribution in [-0.4, -0.2) is 34.1 Å². The molecule has 52 heavy (non-hydrogen) atoms. The van der Waals surface area contributed by atoms with Gasteiger partial charge < -0.3 is 0 Å². The third kappa shape index (κ3) is 4.95. The Morgan fingerprint density at radius 2 is 0.942 bits per heavy atom. The summed E-state index contributed by atoms with van der Waals surface area (Å²) in [6.07, 6.45) is 5.67. The maximum Gasteiger partial charge on any atom is 0.164 e. The minimum atomic E-state index is 0.794. The molecule has 0 aliphatic rings. The molecule has 0 unspecified atom stereocenters. The van der Waals surface area contributed by atoms with Crippen molar-refractivity contribution in [2.45, 2.75) is 0 Å². The fourth-order valence-corrected chi connectivity index (χ4v) is 7.09. The summed E-state index contributed by atoms with van der Waals surface area (Å²) in [6.45, 7) is 0. The zero-order valence-electron chi connectivity index (χ0n) is 27.9. The van der Waals surface area contributed by atoms with Crippen LogP contribution in [0.5, 0.6) is 0 Å². The first-order valence-electron chi connectivity index (χ1n) is 17.2. The number of rotatable bonds is 6. The lowest BCUT2D eigenvalue weighted by Crippen LogP contribution is -1.99. The third-order valence-electron chi connectivity index (χ3n) is 9.52. The van der Waals surface area contributed by atoms with E-state index < -0.39 is 0 Å². The average Bonchev–Trinajstić information content (AvgIpc) is 3.81. The van der Waals surface area contributed by atoms with Crippen LogP contribution in [0.15, 0.2) is 176 Å². The molecule has 0 saturated heterocycles. The van der Waals surface area contributed by atoms with Crippen LogP contribution < -0.4 is 0 Å². The molecular weight excluding hydrogens is 639 g/mol. The lowest BCUT2D eigenvalue weighted by atomic mass is 9.97. The van der Waals surface area contributed by atoms with E-state index in [9.17, 15) is 0 Å². The Balaban J connectivity index is 1.02. The molecule has 0 spiro atoms. The second-order valence-corrected chi connectivity index (χ2v) is 12.6. The van der Waals surface area contributed by atoms with E-state index in [4.69, 9.17) is 24.9 Å². The fraction of sp³-hybridized carbons (Fsp3) is 0. The number of hydrogen-bond acceptors (Lipinski definition) is 5. The highest BCUT2D eigenvalue weighted by Crippen LogP contribution is 2.36. The summed E-state index contributed by atoms with van der Waals surface area (Å²) in [5.41, 5.74) is 12.5. The molecule has 5 heterocycles. The van der Waals surface area contributed by atoms with Gasteiger partial charge in [-0.05, 0) is 72.8 Å². The molecule has 5 aromatic carbocycles. The van der Waals surface area contributed by atoms with Gasteiger partial charge in [0, 0.05) is 57.6 Å². The highest BCUT2D eigenvalue weighted by atomic mass is 15.1. The van der Waals surface area contributed by atoms with Crippen LogP contribution in [0, 0.1) is 0 Å². The Morgan fingerprint density at radius 1 is 0.385 bits per heavy atom. The first-order chi connectivity index (χ1) is 25.8. The molecule has 0 N–H and O–H groups in total. The summed E-state index contributed by atoms with van der Waals surface area (Å²) in [4.78, 5) is 24.8. The van der Waals surface area contributed by atoms with Crippen molar-refractivity contribution in [2.75, 3.05) is 0 Å². The quantitative estimate of drug-likeness (QED) is 0.176. The zero-order valence-corrected chi connectivity index (χ0v) is 27.9. The second kappa shape index (κ2) is 12.3. The number of para-hydroxylation sites is 6. The van der Waals surface area contributed by atoms with Crippen molar-refractivity contribution in [2.24, 2.45) is 0 Å². The Morgan fingerprint density at radius 3 is 1.60 bits per heavy atom. The molecule has 10 aromatic rings. The predicted molar refractivity (Wildman–Crippen MR) is 208 cm³/mol. The largest absolute Gasteiger partial charge is 0.292 e. The van der Waals surface area contributed by atoms with Crippen molar-refractivity contribution in [1.29, 1.82) is 0 Å². The molecule has 0 atom stereocenters. The van der Waals surface area contributed by atoms with Crippen LogP contribution >= 0.6 is 0 Å². The van der Waals surface area contributed by atoms with Gasteiger partial charge in [-0.3, -0.25) is 24.1 Å². The van der Waals surface area contributed by atoms with Crippen LogP contribution in [0.1, 0.15) is 0 Å². The van der Waals surface area contributed by atoms with Crippen LogP contribution in [0.2, 0.25) is 0 Å². The van der Waals surface area contributed by atoms with Gasteiger partial charge in [-0.25, -0.2) is 9.97 Å². The van der Waals surface area contributed by atoms with Crippen molar-refractivity contribution in [1.82, 2.24) is 34.1 Å². The molecule has 0 aliphatic carbocycles. The van der Waals surface area contributed by atoms with Gasteiger partial charge in [0.1, 0.15) is 11.5 Å². The lowest BCUT2D eigenvalue weighted by Gasteiger charge is -2.12. The van der Waals surface area contributed by atoms with Gasteiger partial charge in [0.15, 0.2) is 5.82 Å². The second-order valence-electron chi connectivity index (χ2n) is 12.6. The van der Waals surface area contributed by atoms with Gasteiger partial charge in [-0.15, -0.1) is 0 Å². The van der Waals surface area contributed by atoms with Gasteiger partial charge in [0.05, 0.1) is 33.3 Å². The van der Waals surface area contributed by atoms with E-state index in [1.807, 2.05) is 104 Å². The third-order valence-corrected chi connectivity index (χ3v) is 9.52. The van der Waals surface area contributed by atoms with Crippen LogP contribution in [0.25, 0.3) is 89.6 Å². The molecule has 0 saturated carbocycles. The van der Waals surface area contributed by atoms with E-state index in [0.717, 1.165) is 89.6 Å². The summed E-state index contributed by atoms with van der Waals surface area (Å²) in [7, 11) is 0. The van der Waals surface area contributed by atoms with E-state index in [1.165, 1.54) is 0 Å². The Labute approximate surface area is 299 Å². The number of nitrogens with zero attached hydrogens (tertiary/aromatic N) is 7. The average molecular weight is 668 g/mol. The van der Waals surface area contributed by atoms with E-state index in [0.29, 0.717) is 0 Å². The molecular formula is C45H29N7. The number of pyridine rings is 3. The summed E-state index contributed by atoms with van der Waals surface area (Å²) in [6, 6.07) is 53.7. The van der Waals surface area contributed by atoms with Crippen LogP contribution in [0.4, 0.5) is 0 Å². The SMILES string of the molecule is c1ccc(-n2c(-c3ccc(-c4ccc(-c5ccc(-c6nc7ccccc7n6-c6ccccc6)nc5)c5ncccc45)nc3)nc3ccccc32)cc1. The minimum absolute atomic E-state index is 0.794. The lowest BCUT2D eigenvalue weighted by molar-refractivity contribution is 1.08. The first kappa shape index (κ1) is 29.6. The number of benzene rings is 5. The molecule has 7 heteroatoms. The summed E-state index contributed by atoms with van der Waals surface area (Å²) >= 11 is 0. The minimum Gasteiger partial charge on any atom is -0.292 e. The van der Waals surface area contributed by atoms with Gasteiger partial charge in [0.2, 0.25) is 0 Å². The van der Waals surface area contributed by atoms with Gasteiger partial charge in [-0.2, -0.15) is 0 Å². The summed E-state index contributed by atoms with van der Waals surface area (Å²) < 4.78 is 4.36. The monoisotopic (exact) mass is 667 g/mol. The number of hydrogen-bond donors (Lipinski definition) is 0. The van der Waals surface area contributed by atoms with Gasteiger partial charge in [-0.1, -0.05) is 84.9 Å². The highest BCUT2D eigenvalue weighted by molar-refractivity contribution is 6.02. The number of fused-ring (bicyclic) bond motifs is 3. The van der Waals surface area contributed by atoms with E-state index >= 15 is 0 Å². The smallest absolute Gasteiger partial charge is 0.164 e. The number of imidazole rings is 2. The molecule has 0 aliphatic heterocycles. The molecule has 5 aromatic heterocycles. The predicted octanol–water partition coefficient (Wildman–Crippen LogP) is 10.4. The Kier molecular flexibility index (Phi) is 6.99. The summed E-state index contributed by atoms with van der Waals surface area (Å²) in [5.74, 6) is 1.65. The van der Waals surface area contributed by atoms with Crippen molar-refractivity contribution in [3.8, 4) is 56.7 Å². The maximum atomic E-state index is 5.02. The normalized spacial score (nSPS) is 11.5. The van der Waals surface area contributed by atoms with E-state index in [1.54, 1.807) is 0 Å². The molecule has 0 fully saturated rings. The molecule has 0 bridgehead atoms. The molecule has 0 radical (unpaired) electrons. The van der Waals surface area contributed by atoms with Crippen molar-refractivity contribution in [3.63, 3.8) is 0 Å². The Hall–Kier alpha value is -7.25. The molecule has 7 nitrogen and oxygen atoms in total. The highest BCUT2D eigenvalue weighted by Gasteiger charge is 2.18. The Bertz CT molecular complexity index is 2680. The van der Waals surface area contributed by atoms with Crippen LogP contribution in [0.3, 0.4) is 0 Å². The topological polar surface area (TPSA) is 74.3 Å².